The van der Waals surface area contributed by atoms with E-state index < -0.39 is 10.0 Å². The van der Waals surface area contributed by atoms with Gasteiger partial charge in [-0.2, -0.15) is 0 Å². The Bertz CT molecular complexity index is 824. The molecule has 0 saturated heterocycles. The number of fused-ring (bicyclic) bond motifs is 1. The highest BCUT2D eigenvalue weighted by Gasteiger charge is 2.17. The monoisotopic (exact) mass is 378 g/mol. The molecule has 0 spiro atoms. The molecule has 0 aromatic heterocycles. The van der Waals surface area contributed by atoms with E-state index in [2.05, 4.69) is 33.9 Å². The summed E-state index contributed by atoms with van der Waals surface area (Å²) < 4.78 is 27.1. The van der Waals surface area contributed by atoms with Crippen molar-refractivity contribution in [2.24, 2.45) is 0 Å². The van der Waals surface area contributed by atoms with Crippen LogP contribution in [-0.2, 0) is 23.0 Å². The van der Waals surface area contributed by atoms with Gasteiger partial charge in [-0.1, -0.05) is 48.0 Å². The normalized spacial score (nSPS) is 15.1. The summed E-state index contributed by atoms with van der Waals surface area (Å²) in [6, 6.07) is 15.1. The van der Waals surface area contributed by atoms with Gasteiger partial charge in [-0.05, 0) is 49.1 Å². The molecule has 0 atom stereocenters. The van der Waals surface area contributed by atoms with Gasteiger partial charge in [0.1, 0.15) is 4.90 Å². The van der Waals surface area contributed by atoms with Gasteiger partial charge >= 0.3 is 0 Å². The Balaban J connectivity index is 1.42. The van der Waals surface area contributed by atoms with E-state index in [-0.39, 0.29) is 9.92 Å². The first-order valence-electron chi connectivity index (χ1n) is 8.59. The van der Waals surface area contributed by atoms with Crippen molar-refractivity contribution in [1.29, 1.82) is 0 Å². The zero-order valence-corrected chi connectivity index (χ0v) is 15.7. The van der Waals surface area contributed by atoms with Crippen LogP contribution in [0.25, 0.3) is 0 Å². The van der Waals surface area contributed by atoms with Crippen LogP contribution in [0.2, 0.25) is 5.02 Å². The van der Waals surface area contributed by atoms with E-state index in [1.165, 1.54) is 17.2 Å². The minimum atomic E-state index is -3.53. The van der Waals surface area contributed by atoms with Crippen molar-refractivity contribution in [2.45, 2.75) is 30.7 Å². The number of unbranched alkanes of at least 4 members (excludes halogenated alkanes) is 1. The van der Waals surface area contributed by atoms with Gasteiger partial charge in [0.2, 0.25) is 10.0 Å². The van der Waals surface area contributed by atoms with E-state index in [1.54, 1.807) is 18.2 Å². The molecule has 6 heteroatoms. The Morgan fingerprint density at radius 3 is 2.52 bits per heavy atom. The van der Waals surface area contributed by atoms with Gasteiger partial charge in [0.15, 0.2) is 0 Å². The second-order valence-corrected chi connectivity index (χ2v) is 8.47. The minimum absolute atomic E-state index is 0.143. The average molecular weight is 379 g/mol. The van der Waals surface area contributed by atoms with E-state index in [4.69, 9.17) is 11.6 Å². The topological polar surface area (TPSA) is 49.4 Å². The number of hydrogen-bond donors (Lipinski definition) is 1. The average Bonchev–Trinajstić information content (AvgIpc) is 2.61. The quantitative estimate of drug-likeness (QED) is 0.750. The van der Waals surface area contributed by atoms with Crippen LogP contribution in [0.15, 0.2) is 53.4 Å². The summed E-state index contributed by atoms with van der Waals surface area (Å²) in [5, 5.41) is 0.252. The fourth-order valence-corrected chi connectivity index (χ4v) is 4.74. The van der Waals surface area contributed by atoms with Gasteiger partial charge in [0.25, 0.3) is 0 Å². The highest BCUT2D eigenvalue weighted by molar-refractivity contribution is 7.89. The highest BCUT2D eigenvalue weighted by Crippen LogP contribution is 2.20. The van der Waals surface area contributed by atoms with Crippen molar-refractivity contribution in [1.82, 2.24) is 9.62 Å². The van der Waals surface area contributed by atoms with E-state index in [1.807, 2.05) is 0 Å². The predicted molar refractivity (Wildman–Crippen MR) is 101 cm³/mol. The number of hydrogen-bond acceptors (Lipinski definition) is 3. The molecule has 0 amide bonds. The largest absolute Gasteiger partial charge is 0.299 e. The van der Waals surface area contributed by atoms with Crippen LogP contribution in [0, 0.1) is 0 Å². The van der Waals surface area contributed by atoms with Crippen LogP contribution < -0.4 is 4.72 Å². The third kappa shape index (κ3) is 4.82. The third-order valence-electron chi connectivity index (χ3n) is 4.53. The van der Waals surface area contributed by atoms with Gasteiger partial charge in [-0.3, -0.25) is 4.90 Å². The van der Waals surface area contributed by atoms with Crippen molar-refractivity contribution in [3.8, 4) is 0 Å². The van der Waals surface area contributed by atoms with E-state index in [0.717, 1.165) is 38.9 Å². The molecule has 1 N–H and O–H groups in total. The summed E-state index contributed by atoms with van der Waals surface area (Å²) in [5.41, 5.74) is 2.86. The van der Waals surface area contributed by atoms with Gasteiger partial charge in [-0.15, -0.1) is 0 Å². The summed E-state index contributed by atoms with van der Waals surface area (Å²) in [5.74, 6) is 0. The van der Waals surface area contributed by atoms with Crippen molar-refractivity contribution < 1.29 is 8.42 Å². The summed E-state index contributed by atoms with van der Waals surface area (Å²) in [4.78, 5) is 2.58. The van der Waals surface area contributed by atoms with Crippen molar-refractivity contribution in [3.63, 3.8) is 0 Å². The summed E-state index contributed by atoms with van der Waals surface area (Å²) >= 11 is 5.97. The Morgan fingerprint density at radius 1 is 1.00 bits per heavy atom. The Hall–Kier alpha value is -1.40. The van der Waals surface area contributed by atoms with Crippen LogP contribution in [-0.4, -0.2) is 33.0 Å². The molecule has 1 aliphatic rings. The minimum Gasteiger partial charge on any atom is -0.299 e. The molecule has 0 radical (unpaired) electrons. The van der Waals surface area contributed by atoms with Crippen LogP contribution in [0.1, 0.15) is 24.0 Å². The zero-order chi connectivity index (χ0) is 17.7. The summed E-state index contributed by atoms with van der Waals surface area (Å²) in [6.07, 6.45) is 2.87. The third-order valence-corrected chi connectivity index (χ3v) is 6.49. The van der Waals surface area contributed by atoms with Crippen molar-refractivity contribution in [2.75, 3.05) is 19.6 Å². The van der Waals surface area contributed by atoms with E-state index in [9.17, 15) is 8.42 Å². The van der Waals surface area contributed by atoms with E-state index >= 15 is 0 Å². The molecule has 134 valence electrons. The lowest BCUT2D eigenvalue weighted by molar-refractivity contribution is 0.249. The van der Waals surface area contributed by atoms with Crippen molar-refractivity contribution in [3.05, 3.63) is 64.7 Å². The molecule has 0 aliphatic carbocycles. The van der Waals surface area contributed by atoms with Crippen LogP contribution in [0.4, 0.5) is 0 Å². The standard InChI is InChI=1S/C19H23ClN2O2S/c20-18-9-3-4-10-19(18)25(23,24)21-12-5-6-13-22-14-11-16-7-1-2-8-17(16)15-22/h1-4,7-10,21H,5-6,11-15H2. The number of nitrogens with zero attached hydrogens (tertiary/aromatic N) is 1. The second kappa shape index (κ2) is 8.32. The fraction of sp³-hybridized carbons (Fsp3) is 0.368. The second-order valence-electron chi connectivity index (χ2n) is 6.33. The maximum atomic E-state index is 12.2. The fourth-order valence-electron chi connectivity index (χ4n) is 3.15. The molecule has 2 aromatic rings. The molecule has 0 bridgehead atoms. The molecule has 25 heavy (non-hydrogen) atoms. The smallest absolute Gasteiger partial charge is 0.242 e. The lowest BCUT2D eigenvalue weighted by Gasteiger charge is -2.28. The van der Waals surface area contributed by atoms with Crippen molar-refractivity contribution >= 4 is 21.6 Å². The van der Waals surface area contributed by atoms with Gasteiger partial charge in [0.05, 0.1) is 5.02 Å². The molecular weight excluding hydrogens is 356 g/mol. The number of benzene rings is 2. The molecule has 4 nitrogen and oxygen atoms in total. The van der Waals surface area contributed by atoms with Gasteiger partial charge in [0, 0.05) is 19.6 Å². The lowest BCUT2D eigenvalue weighted by Crippen LogP contribution is -2.32. The maximum absolute atomic E-state index is 12.2. The molecule has 3 rings (SSSR count). The molecule has 0 fully saturated rings. The molecule has 2 aromatic carbocycles. The SMILES string of the molecule is O=S(=O)(NCCCCN1CCc2ccccc2C1)c1ccccc1Cl. The van der Waals surface area contributed by atoms with Gasteiger partial charge < -0.3 is 0 Å². The summed E-state index contributed by atoms with van der Waals surface area (Å²) in [6.45, 7) is 3.48. The van der Waals surface area contributed by atoms with E-state index in [0.29, 0.717) is 6.54 Å². The molecule has 0 saturated carbocycles. The Morgan fingerprint density at radius 2 is 1.72 bits per heavy atom. The number of sulfonamides is 1. The molecule has 0 unspecified atom stereocenters. The first-order chi connectivity index (χ1) is 12.1. The molecular formula is C19H23ClN2O2S. The van der Waals surface area contributed by atoms with Gasteiger partial charge in [-0.25, -0.2) is 13.1 Å². The Kier molecular flexibility index (Phi) is 6.12. The van der Waals surface area contributed by atoms with Crippen LogP contribution >= 0.6 is 11.6 Å². The molecule has 1 heterocycles. The number of halogens is 1. The van der Waals surface area contributed by atoms with Crippen LogP contribution in [0.5, 0.6) is 0 Å². The lowest BCUT2D eigenvalue weighted by atomic mass is 10.00. The summed E-state index contributed by atoms with van der Waals surface area (Å²) in [7, 11) is -3.53. The number of rotatable bonds is 7. The van der Waals surface area contributed by atoms with Crippen LogP contribution in [0.3, 0.4) is 0 Å². The maximum Gasteiger partial charge on any atom is 0.242 e. The molecule has 1 aliphatic heterocycles. The predicted octanol–water partition coefficient (Wildman–Crippen LogP) is 3.46. The Labute approximate surface area is 154 Å². The first-order valence-corrected chi connectivity index (χ1v) is 10.5. The first kappa shape index (κ1) is 18.4. The number of nitrogens with one attached hydrogen (secondary N) is 1. The highest BCUT2D eigenvalue weighted by atomic mass is 35.5. The zero-order valence-electron chi connectivity index (χ0n) is 14.1.